The summed E-state index contributed by atoms with van der Waals surface area (Å²) in [5.74, 6) is 0.866. The number of nitrogens with zero attached hydrogens (tertiary/aromatic N) is 2. The molecule has 0 bridgehead atoms. The number of carbonyl (C=O) groups excluding carboxylic acids is 2. The molecule has 1 heterocycles. The quantitative estimate of drug-likeness (QED) is 0.766. The smallest absolute Gasteiger partial charge is 0.247 e. The molecule has 0 unspecified atom stereocenters. The Morgan fingerprint density at radius 2 is 1.68 bits per heavy atom. The fourth-order valence-corrected chi connectivity index (χ4v) is 3.43. The Morgan fingerprint density at radius 1 is 1.04 bits per heavy atom. The van der Waals surface area contributed by atoms with Gasteiger partial charge >= 0.3 is 0 Å². The maximum Gasteiger partial charge on any atom is 0.247 e. The maximum absolute atomic E-state index is 13.0. The first-order chi connectivity index (χ1) is 13.5. The first-order valence-electron chi connectivity index (χ1n) is 8.96. The van der Waals surface area contributed by atoms with Crippen LogP contribution in [0.15, 0.2) is 36.4 Å². The summed E-state index contributed by atoms with van der Waals surface area (Å²) in [5.41, 5.74) is 2.54. The first kappa shape index (κ1) is 19.5. The second-order valence-corrected chi connectivity index (χ2v) is 6.41. The van der Waals surface area contributed by atoms with Crippen molar-refractivity contribution in [3.8, 4) is 17.2 Å². The van der Waals surface area contributed by atoms with E-state index >= 15 is 0 Å². The number of fused-ring (bicyclic) bond motifs is 1. The van der Waals surface area contributed by atoms with Gasteiger partial charge in [0.25, 0.3) is 0 Å². The van der Waals surface area contributed by atoms with Crippen LogP contribution in [0.4, 0.5) is 11.4 Å². The Balaban J connectivity index is 1.91. The van der Waals surface area contributed by atoms with Crippen LogP contribution in [0.5, 0.6) is 17.2 Å². The number of anilines is 2. The molecule has 7 nitrogen and oxygen atoms in total. The van der Waals surface area contributed by atoms with Crippen molar-refractivity contribution in [3.05, 3.63) is 42.0 Å². The highest BCUT2D eigenvalue weighted by Crippen LogP contribution is 2.41. The lowest BCUT2D eigenvalue weighted by Crippen LogP contribution is -2.41. The zero-order chi connectivity index (χ0) is 20.3. The third-order valence-corrected chi connectivity index (χ3v) is 4.82. The van der Waals surface area contributed by atoms with Gasteiger partial charge in [-0.3, -0.25) is 9.59 Å². The van der Waals surface area contributed by atoms with Gasteiger partial charge in [-0.2, -0.15) is 0 Å². The van der Waals surface area contributed by atoms with Crippen molar-refractivity contribution in [1.29, 1.82) is 0 Å². The molecular formula is C21H24N2O5. The highest BCUT2D eigenvalue weighted by molar-refractivity contribution is 6.04. The molecule has 0 N–H and O–H groups in total. The number of para-hydroxylation sites is 1. The van der Waals surface area contributed by atoms with Crippen molar-refractivity contribution in [2.75, 3.05) is 44.2 Å². The Labute approximate surface area is 164 Å². The van der Waals surface area contributed by atoms with E-state index in [4.69, 9.17) is 14.2 Å². The van der Waals surface area contributed by atoms with Crippen molar-refractivity contribution in [3.63, 3.8) is 0 Å². The van der Waals surface area contributed by atoms with Crippen LogP contribution in [0.2, 0.25) is 0 Å². The van der Waals surface area contributed by atoms with Crippen LogP contribution in [0.25, 0.3) is 0 Å². The molecule has 0 atom stereocenters. The lowest BCUT2D eigenvalue weighted by atomic mass is 10.2. The number of amides is 2. The summed E-state index contributed by atoms with van der Waals surface area (Å²) in [4.78, 5) is 28.4. The standard InChI is InChI=1S/C21H24N2O5/c1-14(24)23(16-11-18(26-2)21(28-4)19(12-16)27-3)13-20(25)22-10-9-15-7-5-6-8-17(15)22/h5-8,11-12H,9-10,13H2,1-4H3. The molecule has 0 spiro atoms. The summed E-state index contributed by atoms with van der Waals surface area (Å²) in [6.07, 6.45) is 0.812. The number of ether oxygens (including phenoxy) is 3. The van der Waals surface area contributed by atoms with E-state index in [0.717, 1.165) is 17.7 Å². The zero-order valence-corrected chi connectivity index (χ0v) is 16.5. The molecule has 0 aliphatic carbocycles. The normalized spacial score (nSPS) is 12.4. The Morgan fingerprint density at radius 3 is 2.25 bits per heavy atom. The average Bonchev–Trinajstić information content (AvgIpc) is 3.14. The van der Waals surface area contributed by atoms with Gasteiger partial charge in [0.15, 0.2) is 11.5 Å². The Bertz CT molecular complexity index is 871. The highest BCUT2D eigenvalue weighted by atomic mass is 16.5. The Hall–Kier alpha value is -3.22. The van der Waals surface area contributed by atoms with Crippen molar-refractivity contribution in [1.82, 2.24) is 0 Å². The molecular weight excluding hydrogens is 360 g/mol. The van der Waals surface area contributed by atoms with Gasteiger partial charge in [-0.1, -0.05) is 18.2 Å². The van der Waals surface area contributed by atoms with Crippen LogP contribution in [0, 0.1) is 0 Å². The van der Waals surface area contributed by atoms with E-state index in [2.05, 4.69) is 0 Å². The minimum Gasteiger partial charge on any atom is -0.493 e. The molecule has 1 aliphatic heterocycles. The predicted molar refractivity (Wildman–Crippen MR) is 107 cm³/mol. The topological polar surface area (TPSA) is 68.3 Å². The number of hydrogen-bond acceptors (Lipinski definition) is 5. The van der Waals surface area contributed by atoms with Gasteiger partial charge in [-0.05, 0) is 18.1 Å². The lowest BCUT2D eigenvalue weighted by molar-refractivity contribution is -0.121. The number of benzene rings is 2. The minimum atomic E-state index is -0.255. The third-order valence-electron chi connectivity index (χ3n) is 4.82. The van der Waals surface area contributed by atoms with Gasteiger partial charge in [0.1, 0.15) is 6.54 Å². The van der Waals surface area contributed by atoms with E-state index in [9.17, 15) is 9.59 Å². The molecule has 28 heavy (non-hydrogen) atoms. The van der Waals surface area contributed by atoms with Gasteiger partial charge in [-0.15, -0.1) is 0 Å². The molecule has 0 aromatic heterocycles. The van der Waals surface area contributed by atoms with Crippen LogP contribution in [-0.4, -0.2) is 46.2 Å². The van der Waals surface area contributed by atoms with Gasteiger partial charge in [-0.25, -0.2) is 0 Å². The van der Waals surface area contributed by atoms with Gasteiger partial charge < -0.3 is 24.0 Å². The van der Waals surface area contributed by atoms with E-state index < -0.39 is 0 Å². The van der Waals surface area contributed by atoms with Crippen LogP contribution >= 0.6 is 0 Å². The van der Waals surface area contributed by atoms with Gasteiger partial charge in [0.05, 0.1) is 27.0 Å². The summed E-state index contributed by atoms with van der Waals surface area (Å²) in [7, 11) is 4.52. The van der Waals surface area contributed by atoms with E-state index in [1.54, 1.807) is 17.0 Å². The number of rotatable bonds is 6. The molecule has 0 fully saturated rings. The second-order valence-electron chi connectivity index (χ2n) is 6.41. The van der Waals surface area contributed by atoms with E-state index in [-0.39, 0.29) is 18.4 Å². The van der Waals surface area contributed by atoms with Crippen molar-refractivity contribution in [2.24, 2.45) is 0 Å². The summed E-state index contributed by atoms with van der Waals surface area (Å²) in [6, 6.07) is 11.1. The maximum atomic E-state index is 13.0. The van der Waals surface area contributed by atoms with Crippen LogP contribution < -0.4 is 24.0 Å². The van der Waals surface area contributed by atoms with Gasteiger partial charge in [0, 0.05) is 31.3 Å². The zero-order valence-electron chi connectivity index (χ0n) is 16.5. The summed E-state index contributed by atoms with van der Waals surface area (Å²) >= 11 is 0. The van der Waals surface area contributed by atoms with Crippen LogP contribution in [0.1, 0.15) is 12.5 Å². The summed E-state index contributed by atoms with van der Waals surface area (Å²) in [6.45, 7) is 1.95. The predicted octanol–water partition coefficient (Wildman–Crippen LogP) is 2.65. The Kier molecular flexibility index (Phi) is 5.73. The molecule has 0 radical (unpaired) electrons. The molecule has 2 aromatic carbocycles. The first-order valence-corrected chi connectivity index (χ1v) is 8.96. The second kappa shape index (κ2) is 8.21. The van der Waals surface area contributed by atoms with Gasteiger partial charge in [0.2, 0.25) is 17.6 Å². The van der Waals surface area contributed by atoms with E-state index in [1.807, 2.05) is 24.3 Å². The fourth-order valence-electron chi connectivity index (χ4n) is 3.43. The monoisotopic (exact) mass is 384 g/mol. The molecule has 0 saturated heterocycles. The van der Waals surface area contributed by atoms with Crippen molar-refractivity contribution < 1.29 is 23.8 Å². The van der Waals surface area contributed by atoms with E-state index in [0.29, 0.717) is 29.5 Å². The highest BCUT2D eigenvalue weighted by Gasteiger charge is 2.28. The lowest BCUT2D eigenvalue weighted by Gasteiger charge is -2.26. The molecule has 1 aliphatic rings. The molecule has 7 heteroatoms. The summed E-state index contributed by atoms with van der Waals surface area (Å²) in [5, 5.41) is 0. The molecule has 2 amide bonds. The molecule has 3 rings (SSSR count). The van der Waals surface area contributed by atoms with Crippen LogP contribution in [0.3, 0.4) is 0 Å². The number of carbonyl (C=O) groups is 2. The van der Waals surface area contributed by atoms with E-state index in [1.165, 1.54) is 33.2 Å². The SMILES string of the molecule is COc1cc(N(CC(=O)N2CCc3ccccc32)C(C)=O)cc(OC)c1OC. The average molecular weight is 384 g/mol. The minimum absolute atomic E-state index is 0.0810. The van der Waals surface area contributed by atoms with Crippen molar-refractivity contribution in [2.45, 2.75) is 13.3 Å². The fraction of sp³-hybridized carbons (Fsp3) is 0.333. The van der Waals surface area contributed by atoms with Crippen LogP contribution in [-0.2, 0) is 16.0 Å². The number of hydrogen-bond donors (Lipinski definition) is 0. The summed E-state index contributed by atoms with van der Waals surface area (Å²) < 4.78 is 16.1. The third kappa shape index (κ3) is 3.60. The van der Waals surface area contributed by atoms with Crippen molar-refractivity contribution >= 4 is 23.2 Å². The molecule has 0 saturated carbocycles. The largest absolute Gasteiger partial charge is 0.493 e. The number of methoxy groups -OCH3 is 3. The molecule has 2 aromatic rings. The molecule has 148 valence electrons.